The first-order chi connectivity index (χ1) is 32.5. The molecular formula is C49H51ClN8O10. The van der Waals surface area contributed by atoms with Crippen molar-refractivity contribution in [1.82, 2.24) is 36.1 Å². The number of fused-ring (bicyclic) bond motifs is 5. The molecule has 0 aliphatic carbocycles. The van der Waals surface area contributed by atoms with E-state index in [1.165, 1.54) is 75.8 Å². The number of nitrogens with one attached hydrogen (secondary N) is 4. The number of Topliss-reactive ketones (excluding diaryl/α,β-unsaturated/α-hetero) is 1. The fourth-order valence-corrected chi connectivity index (χ4v) is 7.59. The van der Waals surface area contributed by atoms with E-state index in [0.717, 1.165) is 16.0 Å². The molecule has 0 saturated carbocycles. The number of carbonyl (C=O) groups is 7. The van der Waals surface area contributed by atoms with Crippen molar-refractivity contribution in [3.8, 4) is 33.8 Å². The summed E-state index contributed by atoms with van der Waals surface area (Å²) < 4.78 is 5.02. The van der Waals surface area contributed by atoms with Crippen LogP contribution in [0, 0.1) is 0 Å². The fourth-order valence-electron chi connectivity index (χ4n) is 7.46. The number of likely N-dealkylation sites (N-methyl/N-ethyl adjacent to an activating group) is 1. The number of carbonyl (C=O) groups excluding carboxylic acids is 7. The topological polar surface area (TPSA) is 272 Å². The van der Waals surface area contributed by atoms with E-state index in [1.807, 2.05) is 12.1 Å². The normalized spacial score (nSPS) is 16.7. The summed E-state index contributed by atoms with van der Waals surface area (Å²) >= 11 is 6.05. The number of aromatic hydroxyl groups is 2. The van der Waals surface area contributed by atoms with Crippen molar-refractivity contribution < 1.29 is 48.5 Å². The molecule has 0 saturated heterocycles. The van der Waals surface area contributed by atoms with Crippen molar-refractivity contribution in [3.05, 3.63) is 131 Å². The average Bonchev–Trinajstić information content (AvgIpc) is 3.33. The van der Waals surface area contributed by atoms with Gasteiger partial charge in [-0.05, 0) is 117 Å². The summed E-state index contributed by atoms with van der Waals surface area (Å²) in [6, 6.07) is 17.5. The van der Waals surface area contributed by atoms with E-state index in [-0.39, 0.29) is 52.4 Å². The highest BCUT2D eigenvalue weighted by Gasteiger charge is 2.36. The van der Waals surface area contributed by atoms with Crippen molar-refractivity contribution in [2.45, 2.75) is 69.7 Å². The van der Waals surface area contributed by atoms with Crippen molar-refractivity contribution >= 4 is 52.9 Å². The van der Waals surface area contributed by atoms with Crippen molar-refractivity contribution in [3.63, 3.8) is 0 Å². The van der Waals surface area contributed by atoms with Crippen LogP contribution >= 0.6 is 11.6 Å². The smallest absolute Gasteiger partial charge is 0.376 e. The average molecular weight is 947 g/mol. The van der Waals surface area contributed by atoms with E-state index < -0.39 is 78.1 Å². The number of phenolic OH excluding ortho intramolecular Hbond substituents is 2. The van der Waals surface area contributed by atoms with Crippen LogP contribution in [0.2, 0.25) is 5.02 Å². The second-order valence-electron chi connectivity index (χ2n) is 16.2. The highest BCUT2D eigenvalue weighted by molar-refractivity contribution is 6.30. The van der Waals surface area contributed by atoms with Crippen LogP contribution in [0.1, 0.15) is 71.3 Å². The maximum Gasteiger partial charge on any atom is 0.376 e. The number of aromatic nitrogens is 2. The third-order valence-electron chi connectivity index (χ3n) is 11.3. The van der Waals surface area contributed by atoms with Crippen LogP contribution in [0.3, 0.4) is 0 Å². The molecule has 0 unspecified atom stereocenters. The van der Waals surface area contributed by atoms with Gasteiger partial charge in [-0.2, -0.15) is 0 Å². The zero-order chi connectivity index (χ0) is 49.1. The lowest BCUT2D eigenvalue weighted by molar-refractivity contribution is -0.141. The number of ketones is 1. The van der Waals surface area contributed by atoms with E-state index in [9.17, 15) is 43.8 Å². The molecule has 354 valence electrons. The first kappa shape index (κ1) is 49.7. The number of esters is 1. The van der Waals surface area contributed by atoms with Gasteiger partial charge < -0.3 is 46.9 Å². The highest BCUT2D eigenvalue weighted by atomic mass is 35.5. The SMILES string of the molecule is C[C@H](NC(=O)[C@@H]1Cc2ccc(O)c(c2)-c2cc(ccc2O)[C@H](N(C)C(=O)[C@H](CCCCN)NC(=O)c2ccc(-c3ccc(Cl)cc3)cc2)C(=O)N[C@@H](C)C(=O)N1)C(=O)COC(=O)c1ncccn1. The maximum absolute atomic E-state index is 14.6. The Morgan fingerprint density at radius 2 is 1.49 bits per heavy atom. The summed E-state index contributed by atoms with van der Waals surface area (Å²) in [5.74, 6) is -6.14. The number of rotatable bonds is 15. The Bertz CT molecular complexity index is 2670. The van der Waals surface area contributed by atoms with E-state index in [4.69, 9.17) is 22.1 Å². The molecule has 4 bridgehead atoms. The number of hydrogen-bond donors (Lipinski definition) is 7. The largest absolute Gasteiger partial charge is 0.507 e. The van der Waals surface area contributed by atoms with Gasteiger partial charge in [-0.15, -0.1) is 0 Å². The number of phenols is 2. The Morgan fingerprint density at radius 3 is 2.15 bits per heavy atom. The Hall–Kier alpha value is -7.70. The van der Waals surface area contributed by atoms with Gasteiger partial charge in [-0.3, -0.25) is 28.8 Å². The second-order valence-corrected chi connectivity index (χ2v) is 16.7. The summed E-state index contributed by atoms with van der Waals surface area (Å²) in [7, 11) is 1.37. The Labute approximate surface area is 396 Å². The monoisotopic (exact) mass is 946 g/mol. The van der Waals surface area contributed by atoms with Crippen molar-refractivity contribution in [2.24, 2.45) is 5.73 Å². The number of benzene rings is 4. The molecule has 1 aliphatic rings. The number of amides is 5. The predicted molar refractivity (Wildman–Crippen MR) is 250 cm³/mol. The number of ether oxygens (including phenoxy) is 1. The zero-order valence-electron chi connectivity index (χ0n) is 37.4. The molecule has 0 spiro atoms. The molecule has 5 atom stereocenters. The highest BCUT2D eigenvalue weighted by Crippen LogP contribution is 2.39. The number of unbranched alkanes of at least 4 members (excludes halogenated alkanes) is 1. The molecule has 2 heterocycles. The summed E-state index contributed by atoms with van der Waals surface area (Å²) in [5.41, 5.74) is 8.53. The van der Waals surface area contributed by atoms with E-state index in [1.54, 1.807) is 36.4 Å². The number of hydrogen-bond acceptors (Lipinski definition) is 13. The Balaban J connectivity index is 1.26. The van der Waals surface area contributed by atoms with Crippen LogP contribution in [0.5, 0.6) is 11.5 Å². The predicted octanol–water partition coefficient (Wildman–Crippen LogP) is 3.78. The van der Waals surface area contributed by atoms with E-state index in [2.05, 4.69) is 31.2 Å². The Morgan fingerprint density at radius 1 is 0.853 bits per heavy atom. The summed E-state index contributed by atoms with van der Waals surface area (Å²) in [4.78, 5) is 105. The van der Waals surface area contributed by atoms with Gasteiger partial charge in [-0.1, -0.05) is 48.0 Å². The van der Waals surface area contributed by atoms with Crippen LogP contribution in [0.4, 0.5) is 0 Å². The molecule has 1 aromatic heterocycles. The second kappa shape index (κ2) is 22.7. The van der Waals surface area contributed by atoms with Gasteiger partial charge in [-0.25, -0.2) is 14.8 Å². The summed E-state index contributed by atoms with van der Waals surface area (Å²) in [6.07, 6.45) is 3.61. The summed E-state index contributed by atoms with van der Waals surface area (Å²) in [6.45, 7) is 2.34. The van der Waals surface area contributed by atoms with Gasteiger partial charge in [0.25, 0.3) is 5.91 Å². The van der Waals surface area contributed by atoms with Gasteiger partial charge >= 0.3 is 5.97 Å². The maximum atomic E-state index is 14.6. The molecule has 0 fully saturated rings. The van der Waals surface area contributed by atoms with Gasteiger partial charge in [0.15, 0.2) is 12.4 Å². The Kier molecular flexibility index (Phi) is 16.6. The van der Waals surface area contributed by atoms with Crippen LogP contribution in [0.25, 0.3) is 22.3 Å². The van der Waals surface area contributed by atoms with E-state index in [0.29, 0.717) is 30.0 Å². The van der Waals surface area contributed by atoms with Crippen molar-refractivity contribution in [1.29, 1.82) is 0 Å². The summed E-state index contributed by atoms with van der Waals surface area (Å²) in [5, 5.41) is 33.5. The fraction of sp³-hybridized carbons (Fsp3) is 0.286. The van der Waals surface area contributed by atoms with Crippen molar-refractivity contribution in [2.75, 3.05) is 20.2 Å². The first-order valence-electron chi connectivity index (χ1n) is 21.7. The lowest BCUT2D eigenvalue weighted by atomic mass is 9.93. The molecule has 6 rings (SSSR count). The van der Waals surface area contributed by atoms with Gasteiger partial charge in [0.05, 0.1) is 6.04 Å². The van der Waals surface area contributed by atoms with Gasteiger partial charge in [0, 0.05) is 47.6 Å². The number of nitrogens with two attached hydrogens (primary N) is 1. The molecule has 5 amide bonds. The molecule has 19 heteroatoms. The van der Waals surface area contributed by atoms with Gasteiger partial charge in [0.1, 0.15) is 35.7 Å². The quantitative estimate of drug-likeness (QED) is 0.0583. The molecular weight excluding hydrogens is 896 g/mol. The van der Waals surface area contributed by atoms with Crippen LogP contribution in [0.15, 0.2) is 103 Å². The van der Waals surface area contributed by atoms with Crippen LogP contribution < -0.4 is 27.0 Å². The molecule has 5 aromatic rings. The molecule has 4 aromatic carbocycles. The molecule has 0 radical (unpaired) electrons. The molecule has 18 nitrogen and oxygen atoms in total. The third-order valence-corrected chi connectivity index (χ3v) is 11.6. The molecule has 68 heavy (non-hydrogen) atoms. The lowest BCUT2D eigenvalue weighted by Gasteiger charge is -2.32. The minimum Gasteiger partial charge on any atom is -0.507 e. The minimum atomic E-state index is -1.48. The molecule has 8 N–H and O–H groups in total. The lowest BCUT2D eigenvalue weighted by Crippen LogP contribution is -2.57. The van der Waals surface area contributed by atoms with E-state index >= 15 is 0 Å². The van der Waals surface area contributed by atoms with Crippen LogP contribution in [-0.4, -0.2) is 111 Å². The zero-order valence-corrected chi connectivity index (χ0v) is 38.2. The standard InChI is InChI=1S/C49H51ClN8O10/c1-27(41(61)26-68-49(67)43-52-21-6-22-53-43)54-46(64)38-24-29-8-18-39(59)35(23-29)36-25-33(15-19-40(36)60)42(47(65)55-28(2)44(62)57-38)58(3)48(66)37(7-4-5-20-51)56-45(63)32-11-9-30(10-12-32)31-13-16-34(50)17-14-31/h6,8-19,21-23,25,27-28,37-38,42,59-60H,4-5,7,20,24,26,51H2,1-3H3,(H,54,64)(H,55,65)(H,56,63)(H,57,62)/t27-,28-,37-,38-,42-/m0/s1. The molecule has 1 aliphatic heterocycles. The first-order valence-corrected chi connectivity index (χ1v) is 22.1. The van der Waals surface area contributed by atoms with Crippen LogP contribution in [-0.2, 0) is 35.1 Å². The van der Waals surface area contributed by atoms with Gasteiger partial charge in [0.2, 0.25) is 29.5 Å². The third kappa shape index (κ3) is 12.4. The number of halogens is 1. The number of nitrogens with zero attached hydrogens (tertiary/aromatic N) is 3. The minimum absolute atomic E-state index is 0.0696.